The predicted octanol–water partition coefficient (Wildman–Crippen LogP) is 3.88. The van der Waals surface area contributed by atoms with Gasteiger partial charge in [-0.2, -0.15) is 0 Å². The van der Waals surface area contributed by atoms with Crippen LogP contribution in [0.15, 0.2) is 17.5 Å². The van der Waals surface area contributed by atoms with Crippen LogP contribution in [0.2, 0.25) is 0 Å². The van der Waals surface area contributed by atoms with Gasteiger partial charge in [0.2, 0.25) is 0 Å². The van der Waals surface area contributed by atoms with E-state index in [-0.39, 0.29) is 5.54 Å². The van der Waals surface area contributed by atoms with Gasteiger partial charge in [-0.25, -0.2) is 0 Å². The fraction of sp³-hybridized carbons (Fsp3) is 0.765. The number of nitrogens with zero attached hydrogens (tertiary/aromatic N) is 1. The molecule has 1 N–H and O–H groups in total. The molecule has 1 aromatic heterocycles. The van der Waals surface area contributed by atoms with Crippen molar-refractivity contribution in [3.8, 4) is 0 Å². The van der Waals surface area contributed by atoms with Gasteiger partial charge in [-0.15, -0.1) is 11.3 Å². The lowest BCUT2D eigenvalue weighted by molar-refractivity contribution is 0.0382. The molecule has 20 heavy (non-hydrogen) atoms. The van der Waals surface area contributed by atoms with E-state index in [1.54, 1.807) is 0 Å². The highest BCUT2D eigenvalue weighted by molar-refractivity contribution is 7.09. The first-order valence-electron chi connectivity index (χ1n) is 8.16. The summed E-state index contributed by atoms with van der Waals surface area (Å²) < 4.78 is 0. The van der Waals surface area contributed by atoms with Crippen LogP contribution in [0.5, 0.6) is 0 Å². The highest BCUT2D eigenvalue weighted by Gasteiger charge is 2.37. The first-order valence-corrected chi connectivity index (χ1v) is 9.04. The van der Waals surface area contributed by atoms with E-state index in [1.165, 1.54) is 43.5 Å². The SMILES string of the molecule is CC1(C)CNC(C2CCCCC2)CN1Cc1cccs1. The second-order valence-corrected chi connectivity index (χ2v) is 8.19. The molecule has 0 aromatic carbocycles. The van der Waals surface area contributed by atoms with E-state index in [1.807, 2.05) is 11.3 Å². The van der Waals surface area contributed by atoms with Crippen LogP contribution in [0.25, 0.3) is 0 Å². The van der Waals surface area contributed by atoms with Crippen molar-refractivity contribution in [2.75, 3.05) is 13.1 Å². The molecule has 3 heteroatoms. The standard InChI is InChI=1S/C17H28N2S/c1-17(2)13-18-16(14-7-4-3-5-8-14)12-19(17)11-15-9-6-10-20-15/h6,9-10,14,16,18H,3-5,7-8,11-13H2,1-2H3. The second-order valence-electron chi connectivity index (χ2n) is 7.16. The number of rotatable bonds is 3. The Balaban J connectivity index is 1.66. The number of thiophene rings is 1. The average molecular weight is 292 g/mol. The Morgan fingerprint density at radius 2 is 2.10 bits per heavy atom. The van der Waals surface area contributed by atoms with Gasteiger partial charge in [-0.3, -0.25) is 4.90 Å². The van der Waals surface area contributed by atoms with Gasteiger partial charge in [0.15, 0.2) is 0 Å². The van der Waals surface area contributed by atoms with Crippen LogP contribution >= 0.6 is 11.3 Å². The van der Waals surface area contributed by atoms with Gasteiger partial charge < -0.3 is 5.32 Å². The van der Waals surface area contributed by atoms with Crippen molar-refractivity contribution in [1.29, 1.82) is 0 Å². The molecular weight excluding hydrogens is 264 g/mol. The Kier molecular flexibility index (Phi) is 4.49. The summed E-state index contributed by atoms with van der Waals surface area (Å²) in [5.74, 6) is 0.908. The van der Waals surface area contributed by atoms with Crippen LogP contribution < -0.4 is 5.32 Å². The lowest BCUT2D eigenvalue weighted by Gasteiger charge is -2.48. The molecule has 2 heterocycles. The predicted molar refractivity (Wildman–Crippen MR) is 87.2 cm³/mol. The third-order valence-corrected chi connectivity index (χ3v) is 6.08. The van der Waals surface area contributed by atoms with E-state index in [0.29, 0.717) is 6.04 Å². The third kappa shape index (κ3) is 3.26. The number of nitrogens with one attached hydrogen (secondary N) is 1. The van der Waals surface area contributed by atoms with Crippen molar-refractivity contribution < 1.29 is 0 Å². The summed E-state index contributed by atoms with van der Waals surface area (Å²) >= 11 is 1.89. The maximum Gasteiger partial charge on any atom is 0.0334 e. The van der Waals surface area contributed by atoms with Crippen LogP contribution in [0.3, 0.4) is 0 Å². The van der Waals surface area contributed by atoms with Gasteiger partial charge in [0, 0.05) is 36.1 Å². The number of piperazine rings is 1. The van der Waals surface area contributed by atoms with Gasteiger partial charge in [-0.1, -0.05) is 25.3 Å². The van der Waals surface area contributed by atoms with E-state index < -0.39 is 0 Å². The molecule has 2 aliphatic rings. The van der Waals surface area contributed by atoms with Crippen molar-refractivity contribution in [3.05, 3.63) is 22.4 Å². The summed E-state index contributed by atoms with van der Waals surface area (Å²) in [4.78, 5) is 4.21. The molecule has 1 saturated heterocycles. The smallest absolute Gasteiger partial charge is 0.0334 e. The lowest BCUT2D eigenvalue weighted by Crippen LogP contribution is -2.63. The number of hydrogen-bond acceptors (Lipinski definition) is 3. The lowest BCUT2D eigenvalue weighted by atomic mass is 9.81. The van der Waals surface area contributed by atoms with E-state index in [4.69, 9.17) is 0 Å². The number of hydrogen-bond donors (Lipinski definition) is 1. The molecule has 3 rings (SSSR count). The Bertz CT molecular complexity index is 407. The molecule has 1 unspecified atom stereocenters. The van der Waals surface area contributed by atoms with Gasteiger partial charge in [-0.05, 0) is 44.1 Å². The van der Waals surface area contributed by atoms with Crippen LogP contribution in [-0.2, 0) is 6.54 Å². The zero-order valence-corrected chi connectivity index (χ0v) is 13.7. The zero-order valence-electron chi connectivity index (χ0n) is 12.9. The van der Waals surface area contributed by atoms with Gasteiger partial charge in [0.25, 0.3) is 0 Å². The van der Waals surface area contributed by atoms with E-state index >= 15 is 0 Å². The average Bonchev–Trinajstić information content (AvgIpc) is 2.95. The van der Waals surface area contributed by atoms with Crippen molar-refractivity contribution in [1.82, 2.24) is 10.2 Å². The molecule has 1 saturated carbocycles. The molecule has 1 aliphatic heterocycles. The molecule has 1 aliphatic carbocycles. The Hall–Kier alpha value is -0.380. The summed E-state index contributed by atoms with van der Waals surface area (Å²) in [6.45, 7) is 8.22. The van der Waals surface area contributed by atoms with Crippen molar-refractivity contribution in [3.63, 3.8) is 0 Å². The minimum atomic E-state index is 0.273. The van der Waals surface area contributed by atoms with E-state index in [9.17, 15) is 0 Å². The molecule has 1 aromatic rings. The summed E-state index contributed by atoms with van der Waals surface area (Å²) in [5, 5.41) is 6.05. The quantitative estimate of drug-likeness (QED) is 0.909. The molecule has 2 fully saturated rings. The van der Waals surface area contributed by atoms with Crippen molar-refractivity contribution in [2.24, 2.45) is 5.92 Å². The summed E-state index contributed by atoms with van der Waals surface area (Å²) in [7, 11) is 0. The molecule has 0 radical (unpaired) electrons. The second kappa shape index (κ2) is 6.17. The molecule has 1 atom stereocenters. The van der Waals surface area contributed by atoms with Crippen LogP contribution in [0.1, 0.15) is 50.8 Å². The topological polar surface area (TPSA) is 15.3 Å². The molecular formula is C17H28N2S. The first kappa shape index (κ1) is 14.6. The third-order valence-electron chi connectivity index (χ3n) is 5.22. The maximum atomic E-state index is 3.85. The zero-order chi connectivity index (χ0) is 14.0. The van der Waals surface area contributed by atoms with E-state index in [2.05, 4.69) is 41.6 Å². The highest BCUT2D eigenvalue weighted by Crippen LogP contribution is 2.31. The summed E-state index contributed by atoms with van der Waals surface area (Å²) in [6.07, 6.45) is 7.21. The Morgan fingerprint density at radius 3 is 2.80 bits per heavy atom. The summed E-state index contributed by atoms with van der Waals surface area (Å²) in [5.41, 5.74) is 0.273. The Labute approximate surface area is 127 Å². The minimum Gasteiger partial charge on any atom is -0.311 e. The van der Waals surface area contributed by atoms with E-state index in [0.717, 1.165) is 19.0 Å². The normalized spacial score (nSPS) is 28.6. The van der Waals surface area contributed by atoms with Crippen LogP contribution in [0.4, 0.5) is 0 Å². The van der Waals surface area contributed by atoms with Gasteiger partial charge in [0.1, 0.15) is 0 Å². The minimum absolute atomic E-state index is 0.273. The largest absolute Gasteiger partial charge is 0.311 e. The van der Waals surface area contributed by atoms with Crippen molar-refractivity contribution >= 4 is 11.3 Å². The van der Waals surface area contributed by atoms with Gasteiger partial charge in [0.05, 0.1) is 0 Å². The van der Waals surface area contributed by atoms with Crippen LogP contribution in [0, 0.1) is 5.92 Å². The first-order chi connectivity index (χ1) is 9.65. The molecule has 0 spiro atoms. The van der Waals surface area contributed by atoms with Gasteiger partial charge >= 0.3 is 0 Å². The molecule has 112 valence electrons. The molecule has 0 amide bonds. The maximum absolute atomic E-state index is 3.85. The monoisotopic (exact) mass is 292 g/mol. The highest BCUT2D eigenvalue weighted by atomic mass is 32.1. The Morgan fingerprint density at radius 1 is 1.30 bits per heavy atom. The van der Waals surface area contributed by atoms with Crippen molar-refractivity contribution in [2.45, 2.75) is 64.1 Å². The molecule has 2 nitrogen and oxygen atoms in total. The summed E-state index contributed by atoms with van der Waals surface area (Å²) in [6, 6.07) is 5.16. The molecule has 0 bridgehead atoms. The fourth-order valence-electron chi connectivity index (χ4n) is 3.76. The fourth-order valence-corrected chi connectivity index (χ4v) is 4.48. The van der Waals surface area contributed by atoms with Crippen LogP contribution in [-0.4, -0.2) is 29.6 Å².